The zero-order valence-electron chi connectivity index (χ0n) is 13.9. The monoisotopic (exact) mass is 371 g/mol. The van der Waals surface area contributed by atoms with E-state index in [4.69, 9.17) is 10.00 Å². The maximum Gasteiger partial charge on any atom is 0.255 e. The van der Waals surface area contributed by atoms with E-state index in [1.54, 1.807) is 18.2 Å². The van der Waals surface area contributed by atoms with Crippen LogP contribution in [0.15, 0.2) is 53.4 Å². The van der Waals surface area contributed by atoms with E-state index < -0.39 is 15.9 Å². The van der Waals surface area contributed by atoms with Gasteiger partial charge in [0, 0.05) is 18.7 Å². The fraction of sp³-hybridized carbons (Fsp3) is 0.222. The van der Waals surface area contributed by atoms with Gasteiger partial charge < -0.3 is 10.1 Å². The van der Waals surface area contributed by atoms with Crippen LogP contribution in [0.3, 0.4) is 0 Å². The molecule has 26 heavy (non-hydrogen) atoms. The number of amides is 1. The van der Waals surface area contributed by atoms with E-state index in [0.717, 1.165) is 0 Å². The number of nitriles is 1. The lowest BCUT2D eigenvalue weighted by atomic mass is 10.1. The summed E-state index contributed by atoms with van der Waals surface area (Å²) in [5, 5.41) is 11.5. The molecule has 0 saturated carbocycles. The molecule has 1 saturated heterocycles. The first-order valence-corrected chi connectivity index (χ1v) is 9.45. The number of carbonyl (C=O) groups excluding carboxylic acids is 1. The molecule has 0 spiro atoms. The highest BCUT2D eigenvalue weighted by molar-refractivity contribution is 7.89. The van der Waals surface area contributed by atoms with Crippen molar-refractivity contribution in [3.63, 3.8) is 0 Å². The Kier molecular flexibility index (Phi) is 5.32. The molecule has 0 atom stereocenters. The number of para-hydroxylation sites is 1. The lowest BCUT2D eigenvalue weighted by Crippen LogP contribution is -2.40. The van der Waals surface area contributed by atoms with Gasteiger partial charge in [0.25, 0.3) is 5.91 Å². The molecule has 1 aliphatic heterocycles. The zero-order valence-corrected chi connectivity index (χ0v) is 14.7. The Morgan fingerprint density at radius 3 is 2.38 bits per heavy atom. The van der Waals surface area contributed by atoms with Gasteiger partial charge in [0.1, 0.15) is 4.90 Å². The lowest BCUT2D eigenvalue weighted by molar-refractivity contribution is 0.0730. The summed E-state index contributed by atoms with van der Waals surface area (Å²) >= 11 is 0. The molecule has 0 aromatic heterocycles. The van der Waals surface area contributed by atoms with E-state index in [-0.39, 0.29) is 23.7 Å². The highest BCUT2D eigenvalue weighted by Crippen LogP contribution is 2.25. The molecule has 0 aliphatic carbocycles. The Balaban J connectivity index is 1.87. The summed E-state index contributed by atoms with van der Waals surface area (Å²) in [5.41, 5.74) is 0.993. The van der Waals surface area contributed by atoms with Crippen LogP contribution in [0.25, 0.3) is 0 Å². The van der Waals surface area contributed by atoms with Crippen LogP contribution in [0.1, 0.15) is 15.9 Å². The predicted octanol–water partition coefficient (Wildman–Crippen LogP) is 1.83. The second-order valence-electron chi connectivity index (χ2n) is 5.66. The van der Waals surface area contributed by atoms with Gasteiger partial charge in [0.15, 0.2) is 0 Å². The number of morpholine rings is 1. The molecule has 3 rings (SSSR count). The molecule has 1 fully saturated rings. The maximum absolute atomic E-state index is 12.9. The molecule has 0 bridgehead atoms. The van der Waals surface area contributed by atoms with Gasteiger partial charge in [-0.3, -0.25) is 4.79 Å². The van der Waals surface area contributed by atoms with Gasteiger partial charge in [-0.25, -0.2) is 8.42 Å². The summed E-state index contributed by atoms with van der Waals surface area (Å²) in [6.07, 6.45) is 0. The summed E-state index contributed by atoms with van der Waals surface area (Å²) in [5.74, 6) is -0.445. The molecular weight excluding hydrogens is 354 g/mol. The molecular formula is C18H17N3O4S. The molecule has 0 radical (unpaired) electrons. The molecule has 1 heterocycles. The van der Waals surface area contributed by atoms with Crippen LogP contribution < -0.4 is 5.32 Å². The van der Waals surface area contributed by atoms with Crippen LogP contribution in [0.5, 0.6) is 0 Å². The Morgan fingerprint density at radius 1 is 1.08 bits per heavy atom. The van der Waals surface area contributed by atoms with Crippen molar-refractivity contribution in [3.05, 3.63) is 59.7 Å². The normalized spacial score (nSPS) is 15.2. The highest BCUT2D eigenvalue weighted by atomic mass is 32.2. The van der Waals surface area contributed by atoms with Gasteiger partial charge in [0.2, 0.25) is 10.0 Å². The molecule has 1 amide bonds. The van der Waals surface area contributed by atoms with E-state index in [0.29, 0.717) is 24.3 Å². The highest BCUT2D eigenvalue weighted by Gasteiger charge is 2.28. The van der Waals surface area contributed by atoms with Crippen molar-refractivity contribution >= 4 is 21.6 Å². The second-order valence-corrected chi connectivity index (χ2v) is 7.56. The SMILES string of the molecule is N#Cc1ccc(C(=O)Nc2ccccc2S(=O)(=O)N2CCOCC2)cc1. The molecule has 134 valence electrons. The first kappa shape index (κ1) is 18.1. The van der Waals surface area contributed by atoms with E-state index in [1.165, 1.54) is 34.6 Å². The molecule has 7 nitrogen and oxygen atoms in total. The zero-order chi connectivity index (χ0) is 18.6. The van der Waals surface area contributed by atoms with Gasteiger partial charge >= 0.3 is 0 Å². The van der Waals surface area contributed by atoms with Gasteiger partial charge in [0.05, 0.1) is 30.5 Å². The average Bonchev–Trinajstić information content (AvgIpc) is 2.69. The number of carbonyl (C=O) groups is 1. The van der Waals surface area contributed by atoms with Crippen LogP contribution in [0.4, 0.5) is 5.69 Å². The number of benzene rings is 2. The summed E-state index contributed by atoms with van der Waals surface area (Å²) in [6.45, 7) is 1.25. The van der Waals surface area contributed by atoms with Crippen LogP contribution >= 0.6 is 0 Å². The number of rotatable bonds is 4. The quantitative estimate of drug-likeness (QED) is 0.884. The first-order chi connectivity index (χ1) is 12.5. The van der Waals surface area contributed by atoms with Gasteiger partial charge in [-0.15, -0.1) is 0 Å². The third-order valence-corrected chi connectivity index (χ3v) is 5.96. The smallest absolute Gasteiger partial charge is 0.255 e. The minimum atomic E-state index is -3.74. The standard InChI is InChI=1S/C18H17N3O4S/c19-13-14-5-7-15(8-6-14)18(22)20-16-3-1-2-4-17(16)26(23,24)21-9-11-25-12-10-21/h1-8H,9-12H2,(H,20,22). The van der Waals surface area contributed by atoms with Crippen molar-refractivity contribution in [2.75, 3.05) is 31.6 Å². The molecule has 2 aromatic rings. The largest absolute Gasteiger partial charge is 0.379 e. The summed E-state index contributed by atoms with van der Waals surface area (Å²) in [6, 6.07) is 14.4. The number of nitrogens with zero attached hydrogens (tertiary/aromatic N) is 2. The number of sulfonamides is 1. The Bertz CT molecular complexity index is 943. The number of hydrogen-bond donors (Lipinski definition) is 1. The molecule has 0 unspecified atom stereocenters. The third-order valence-electron chi connectivity index (χ3n) is 4.00. The lowest BCUT2D eigenvalue weighted by Gasteiger charge is -2.26. The molecule has 8 heteroatoms. The Labute approximate surface area is 151 Å². The summed E-state index contributed by atoms with van der Waals surface area (Å²) < 4.78 is 32.3. The number of ether oxygens (including phenoxy) is 1. The maximum atomic E-state index is 12.9. The van der Waals surface area contributed by atoms with Crippen LogP contribution in [-0.2, 0) is 14.8 Å². The van der Waals surface area contributed by atoms with Gasteiger partial charge in [-0.05, 0) is 36.4 Å². The van der Waals surface area contributed by atoms with Crippen molar-refractivity contribution in [2.24, 2.45) is 0 Å². The number of anilines is 1. The van der Waals surface area contributed by atoms with Crippen molar-refractivity contribution in [1.29, 1.82) is 5.26 Å². The third kappa shape index (κ3) is 3.75. The number of hydrogen-bond acceptors (Lipinski definition) is 5. The van der Waals surface area contributed by atoms with Crippen molar-refractivity contribution < 1.29 is 17.9 Å². The van der Waals surface area contributed by atoms with Crippen LogP contribution in [0, 0.1) is 11.3 Å². The molecule has 1 N–H and O–H groups in total. The average molecular weight is 371 g/mol. The minimum absolute atomic E-state index is 0.0453. The van der Waals surface area contributed by atoms with Crippen molar-refractivity contribution in [2.45, 2.75) is 4.90 Å². The van der Waals surface area contributed by atoms with Crippen molar-refractivity contribution in [3.8, 4) is 6.07 Å². The Morgan fingerprint density at radius 2 is 1.73 bits per heavy atom. The first-order valence-electron chi connectivity index (χ1n) is 8.01. The van der Waals surface area contributed by atoms with Crippen molar-refractivity contribution in [1.82, 2.24) is 4.31 Å². The van der Waals surface area contributed by atoms with E-state index in [9.17, 15) is 13.2 Å². The van der Waals surface area contributed by atoms with Gasteiger partial charge in [-0.2, -0.15) is 9.57 Å². The van der Waals surface area contributed by atoms with Gasteiger partial charge in [-0.1, -0.05) is 12.1 Å². The topological polar surface area (TPSA) is 99.5 Å². The van der Waals surface area contributed by atoms with E-state index in [2.05, 4.69) is 5.32 Å². The predicted molar refractivity (Wildman–Crippen MR) is 95.1 cm³/mol. The fourth-order valence-electron chi connectivity index (χ4n) is 2.61. The van der Waals surface area contributed by atoms with E-state index >= 15 is 0 Å². The minimum Gasteiger partial charge on any atom is -0.379 e. The molecule has 2 aromatic carbocycles. The summed E-state index contributed by atoms with van der Waals surface area (Å²) in [4.78, 5) is 12.5. The van der Waals surface area contributed by atoms with Crippen LogP contribution in [-0.4, -0.2) is 44.9 Å². The van der Waals surface area contributed by atoms with Crippen LogP contribution in [0.2, 0.25) is 0 Å². The fourth-order valence-corrected chi connectivity index (χ4v) is 4.17. The van der Waals surface area contributed by atoms with E-state index in [1.807, 2.05) is 6.07 Å². The summed E-state index contributed by atoms with van der Waals surface area (Å²) in [7, 11) is -3.74. The second kappa shape index (κ2) is 7.66. The number of nitrogens with one attached hydrogen (secondary N) is 1. The molecule has 1 aliphatic rings. The Hall–Kier alpha value is -2.73.